The van der Waals surface area contributed by atoms with E-state index in [9.17, 15) is 9.59 Å². The Balaban J connectivity index is 1.82. The van der Waals surface area contributed by atoms with Crippen LogP contribution in [0.4, 0.5) is 0 Å². The van der Waals surface area contributed by atoms with Crippen molar-refractivity contribution in [2.75, 3.05) is 26.2 Å². The van der Waals surface area contributed by atoms with Crippen molar-refractivity contribution in [3.63, 3.8) is 0 Å². The number of nitrogens with two attached hydrogens (primary N) is 1. The molecule has 186 valence electrons. The van der Waals surface area contributed by atoms with Gasteiger partial charge in [-0.1, -0.05) is 43.7 Å². The molecule has 1 unspecified atom stereocenters. The second kappa shape index (κ2) is 12.5. The molecule has 1 aliphatic heterocycles. The smallest absolute Gasteiger partial charge is 0.254 e. The van der Waals surface area contributed by atoms with Crippen molar-refractivity contribution in [1.29, 1.82) is 5.26 Å². The summed E-state index contributed by atoms with van der Waals surface area (Å²) in [6.45, 7) is 9.23. The van der Waals surface area contributed by atoms with Crippen molar-refractivity contribution in [1.82, 2.24) is 15.1 Å². The van der Waals surface area contributed by atoms with Crippen molar-refractivity contribution < 1.29 is 9.59 Å². The molecule has 3 rings (SSSR count). The monoisotopic (exact) mass is 475 g/mol. The van der Waals surface area contributed by atoms with Gasteiger partial charge in [-0.25, -0.2) is 0 Å². The lowest BCUT2D eigenvalue weighted by molar-refractivity contribution is -0.127. The Morgan fingerprint density at radius 2 is 1.86 bits per heavy atom. The fraction of sp³-hybridized carbons (Fsp3) is 0.464. The molecule has 1 heterocycles. The molecule has 0 aliphatic carbocycles. The lowest BCUT2D eigenvalue weighted by Gasteiger charge is -2.43. The van der Waals surface area contributed by atoms with Gasteiger partial charge in [0, 0.05) is 44.3 Å². The zero-order chi connectivity index (χ0) is 25.4. The van der Waals surface area contributed by atoms with Crippen LogP contribution in [-0.4, -0.2) is 59.9 Å². The van der Waals surface area contributed by atoms with E-state index in [0.717, 1.165) is 30.6 Å². The summed E-state index contributed by atoms with van der Waals surface area (Å²) in [6, 6.07) is 16.9. The van der Waals surface area contributed by atoms with Gasteiger partial charge in [0.25, 0.3) is 5.91 Å². The quantitative estimate of drug-likeness (QED) is 0.580. The number of carbonyl (C=O) groups is 2. The summed E-state index contributed by atoms with van der Waals surface area (Å²) in [4.78, 5) is 30.7. The number of nitriles is 1. The third-order valence-corrected chi connectivity index (χ3v) is 6.47. The number of aryl methyl sites for hydroxylation is 1. The average molecular weight is 476 g/mol. The molecule has 2 aromatic carbocycles. The highest BCUT2D eigenvalue weighted by molar-refractivity contribution is 5.97. The first-order valence-corrected chi connectivity index (χ1v) is 12.4. The van der Waals surface area contributed by atoms with E-state index in [1.807, 2.05) is 55.5 Å². The van der Waals surface area contributed by atoms with E-state index in [1.165, 1.54) is 0 Å². The zero-order valence-corrected chi connectivity index (χ0v) is 21.0. The molecule has 2 aromatic rings. The third kappa shape index (κ3) is 7.14. The Morgan fingerprint density at radius 1 is 1.17 bits per heavy atom. The van der Waals surface area contributed by atoms with E-state index in [4.69, 9.17) is 11.0 Å². The molecule has 3 N–H and O–H groups in total. The van der Waals surface area contributed by atoms with Crippen molar-refractivity contribution in [3.05, 3.63) is 70.8 Å². The standard InChI is InChI=1S/C28H37N5O2/c1-20(2)18-32(19-23-8-6-22(17-30)7-9-23)25-12-15-33(26(16-25)27(34)31-14-13-29)28(35)24-10-4-21(3)5-11-24/h4-11,20,25-26H,12-16,18-19,29H2,1-3H3,(H,31,34)/t25?,26-/m1/s1. The van der Waals surface area contributed by atoms with Gasteiger partial charge in [0.05, 0.1) is 11.6 Å². The van der Waals surface area contributed by atoms with E-state index < -0.39 is 6.04 Å². The molecular weight excluding hydrogens is 438 g/mol. The molecule has 0 bridgehead atoms. The summed E-state index contributed by atoms with van der Waals surface area (Å²) >= 11 is 0. The molecule has 2 atom stereocenters. The molecule has 0 spiro atoms. The van der Waals surface area contributed by atoms with Crippen LogP contribution in [0.3, 0.4) is 0 Å². The Labute approximate surface area is 208 Å². The molecule has 35 heavy (non-hydrogen) atoms. The number of carbonyl (C=O) groups excluding carboxylic acids is 2. The number of benzene rings is 2. The highest BCUT2D eigenvalue weighted by Crippen LogP contribution is 2.26. The number of hydrogen-bond donors (Lipinski definition) is 2. The highest BCUT2D eigenvalue weighted by Gasteiger charge is 2.38. The van der Waals surface area contributed by atoms with Gasteiger partial charge < -0.3 is 16.0 Å². The fourth-order valence-corrected chi connectivity index (χ4v) is 4.68. The predicted octanol–water partition coefficient (Wildman–Crippen LogP) is 3.07. The number of nitrogens with one attached hydrogen (secondary N) is 1. The first kappa shape index (κ1) is 26.4. The van der Waals surface area contributed by atoms with Gasteiger partial charge in [0.1, 0.15) is 6.04 Å². The highest BCUT2D eigenvalue weighted by atomic mass is 16.2. The largest absolute Gasteiger partial charge is 0.353 e. The summed E-state index contributed by atoms with van der Waals surface area (Å²) in [5.41, 5.74) is 9.08. The molecule has 0 aromatic heterocycles. The number of likely N-dealkylation sites (tertiary alicyclic amines) is 1. The van der Waals surface area contributed by atoms with Gasteiger partial charge in [-0.3, -0.25) is 14.5 Å². The minimum Gasteiger partial charge on any atom is -0.353 e. The molecule has 1 aliphatic rings. The Kier molecular flexibility index (Phi) is 9.41. The molecular formula is C28H37N5O2. The summed E-state index contributed by atoms with van der Waals surface area (Å²) < 4.78 is 0. The molecule has 1 saturated heterocycles. The second-order valence-corrected chi connectivity index (χ2v) is 9.77. The summed E-state index contributed by atoms with van der Waals surface area (Å²) in [5, 5.41) is 12.0. The van der Waals surface area contributed by atoms with Crippen LogP contribution in [0.1, 0.15) is 53.7 Å². The van der Waals surface area contributed by atoms with E-state index in [0.29, 0.717) is 43.1 Å². The summed E-state index contributed by atoms with van der Waals surface area (Å²) in [7, 11) is 0. The van der Waals surface area contributed by atoms with Crippen LogP contribution < -0.4 is 11.1 Å². The SMILES string of the molecule is Cc1ccc(C(=O)N2CCC(N(Cc3ccc(C#N)cc3)CC(C)C)C[C@@H]2C(=O)NCCN)cc1. The van der Waals surface area contributed by atoms with Crippen LogP contribution in [0.5, 0.6) is 0 Å². The van der Waals surface area contributed by atoms with Crippen LogP contribution in [-0.2, 0) is 11.3 Å². The predicted molar refractivity (Wildman–Crippen MR) is 137 cm³/mol. The van der Waals surface area contributed by atoms with Crippen LogP contribution in [0.25, 0.3) is 0 Å². The first-order chi connectivity index (χ1) is 16.8. The lowest BCUT2D eigenvalue weighted by Crippen LogP contribution is -2.57. The molecule has 0 saturated carbocycles. The normalized spacial score (nSPS) is 17.9. The van der Waals surface area contributed by atoms with Crippen molar-refractivity contribution in [2.24, 2.45) is 11.7 Å². The maximum Gasteiger partial charge on any atom is 0.254 e. The zero-order valence-electron chi connectivity index (χ0n) is 21.0. The van der Waals surface area contributed by atoms with Crippen molar-refractivity contribution >= 4 is 11.8 Å². The van der Waals surface area contributed by atoms with E-state index in [1.54, 1.807) is 4.90 Å². The van der Waals surface area contributed by atoms with Crippen LogP contribution in [0.2, 0.25) is 0 Å². The number of amides is 2. The van der Waals surface area contributed by atoms with E-state index >= 15 is 0 Å². The average Bonchev–Trinajstić information content (AvgIpc) is 2.86. The minimum atomic E-state index is -0.551. The van der Waals surface area contributed by atoms with Crippen LogP contribution in [0, 0.1) is 24.2 Å². The number of piperidine rings is 1. The Bertz CT molecular complexity index is 1030. The Hall–Kier alpha value is -3.21. The van der Waals surface area contributed by atoms with Crippen molar-refractivity contribution in [2.45, 2.75) is 52.2 Å². The fourth-order valence-electron chi connectivity index (χ4n) is 4.68. The summed E-state index contributed by atoms with van der Waals surface area (Å²) in [5.74, 6) is 0.187. The van der Waals surface area contributed by atoms with E-state index in [2.05, 4.69) is 30.1 Å². The lowest BCUT2D eigenvalue weighted by atomic mass is 9.93. The summed E-state index contributed by atoms with van der Waals surface area (Å²) in [6.07, 6.45) is 1.36. The number of hydrogen-bond acceptors (Lipinski definition) is 5. The van der Waals surface area contributed by atoms with Crippen LogP contribution in [0.15, 0.2) is 48.5 Å². The van der Waals surface area contributed by atoms with Gasteiger partial charge in [-0.2, -0.15) is 5.26 Å². The van der Waals surface area contributed by atoms with Gasteiger partial charge in [0.2, 0.25) is 5.91 Å². The van der Waals surface area contributed by atoms with Gasteiger partial charge in [-0.05, 0) is 55.5 Å². The maximum atomic E-state index is 13.4. The van der Waals surface area contributed by atoms with Crippen molar-refractivity contribution in [3.8, 4) is 6.07 Å². The van der Waals surface area contributed by atoms with E-state index in [-0.39, 0.29) is 17.9 Å². The molecule has 2 amide bonds. The molecule has 0 radical (unpaired) electrons. The van der Waals surface area contributed by atoms with Gasteiger partial charge in [-0.15, -0.1) is 0 Å². The molecule has 7 heteroatoms. The topological polar surface area (TPSA) is 102 Å². The second-order valence-electron chi connectivity index (χ2n) is 9.77. The Morgan fingerprint density at radius 3 is 2.46 bits per heavy atom. The molecule has 7 nitrogen and oxygen atoms in total. The molecule has 1 fully saturated rings. The third-order valence-electron chi connectivity index (χ3n) is 6.47. The van der Waals surface area contributed by atoms with Gasteiger partial charge in [0.15, 0.2) is 0 Å². The minimum absolute atomic E-state index is 0.112. The first-order valence-electron chi connectivity index (χ1n) is 12.4. The van der Waals surface area contributed by atoms with Gasteiger partial charge >= 0.3 is 0 Å². The number of rotatable bonds is 9. The van der Waals surface area contributed by atoms with Crippen LogP contribution >= 0.6 is 0 Å². The maximum absolute atomic E-state index is 13.4. The number of nitrogens with zero attached hydrogens (tertiary/aromatic N) is 3.